The van der Waals surface area contributed by atoms with Crippen molar-refractivity contribution in [1.29, 1.82) is 0 Å². The lowest BCUT2D eigenvalue weighted by Crippen LogP contribution is -2.30. The number of benzene rings is 2. The van der Waals surface area contributed by atoms with Crippen LogP contribution in [0.4, 0.5) is 5.69 Å². The summed E-state index contributed by atoms with van der Waals surface area (Å²) >= 11 is 0. The average Bonchev–Trinajstić information content (AvgIpc) is 2.61. The SMILES string of the molecule is COc1ccc(C(=O)O[C@@H](C)C(=O)Nc2cccc(C(C)=O)c2)c(O)c1. The topological polar surface area (TPSA) is 102 Å². The molecule has 2 N–H and O–H groups in total. The number of Topliss-reactive ketones (excluding diaryl/α,β-unsaturated/α-hetero) is 1. The van der Waals surface area contributed by atoms with Crippen LogP contribution in [0.2, 0.25) is 0 Å². The number of carbonyl (C=O) groups excluding carboxylic acids is 3. The fourth-order valence-electron chi connectivity index (χ4n) is 2.15. The molecule has 0 saturated carbocycles. The molecule has 7 heteroatoms. The zero-order valence-electron chi connectivity index (χ0n) is 14.6. The molecule has 1 amide bonds. The van der Waals surface area contributed by atoms with Gasteiger partial charge in [0.2, 0.25) is 0 Å². The number of aromatic hydroxyl groups is 1. The molecular formula is C19H19NO6. The molecule has 7 nitrogen and oxygen atoms in total. The number of phenolic OH excluding ortho intramolecular Hbond substituents is 1. The Hall–Kier alpha value is -3.35. The predicted octanol–water partition coefficient (Wildman–Crippen LogP) is 2.79. The number of nitrogens with one attached hydrogen (secondary N) is 1. The largest absolute Gasteiger partial charge is 0.507 e. The van der Waals surface area contributed by atoms with E-state index in [4.69, 9.17) is 9.47 Å². The molecule has 0 radical (unpaired) electrons. The fraction of sp³-hybridized carbons (Fsp3) is 0.211. The van der Waals surface area contributed by atoms with Crippen LogP contribution >= 0.6 is 0 Å². The van der Waals surface area contributed by atoms with Crippen molar-refractivity contribution in [3.8, 4) is 11.5 Å². The van der Waals surface area contributed by atoms with Gasteiger partial charge in [0, 0.05) is 17.3 Å². The number of amides is 1. The van der Waals surface area contributed by atoms with Crippen LogP contribution in [0.1, 0.15) is 34.6 Å². The number of phenols is 1. The Labute approximate surface area is 150 Å². The van der Waals surface area contributed by atoms with Crippen molar-refractivity contribution in [3.63, 3.8) is 0 Å². The molecule has 0 aliphatic rings. The van der Waals surface area contributed by atoms with Gasteiger partial charge < -0.3 is 19.9 Å². The Morgan fingerprint density at radius 2 is 1.85 bits per heavy atom. The van der Waals surface area contributed by atoms with Gasteiger partial charge in [-0.1, -0.05) is 12.1 Å². The minimum Gasteiger partial charge on any atom is -0.507 e. The van der Waals surface area contributed by atoms with E-state index < -0.39 is 18.0 Å². The zero-order valence-corrected chi connectivity index (χ0v) is 14.6. The summed E-state index contributed by atoms with van der Waals surface area (Å²) in [6, 6.07) is 10.5. The monoisotopic (exact) mass is 357 g/mol. The number of ether oxygens (including phenoxy) is 2. The number of esters is 1. The highest BCUT2D eigenvalue weighted by Gasteiger charge is 2.21. The molecule has 0 aromatic heterocycles. The highest BCUT2D eigenvalue weighted by molar-refractivity contribution is 6.00. The molecule has 0 heterocycles. The molecule has 2 rings (SSSR count). The second-order valence-corrected chi connectivity index (χ2v) is 5.56. The van der Waals surface area contributed by atoms with Crippen LogP contribution in [-0.4, -0.2) is 36.0 Å². The number of carbonyl (C=O) groups is 3. The summed E-state index contributed by atoms with van der Waals surface area (Å²) < 4.78 is 10.0. The van der Waals surface area contributed by atoms with Crippen molar-refractivity contribution in [3.05, 3.63) is 53.6 Å². The highest BCUT2D eigenvalue weighted by atomic mass is 16.5. The van der Waals surface area contributed by atoms with Crippen LogP contribution in [0.3, 0.4) is 0 Å². The minimum atomic E-state index is -1.11. The molecule has 0 saturated heterocycles. The van der Waals surface area contributed by atoms with Crippen molar-refractivity contribution >= 4 is 23.3 Å². The van der Waals surface area contributed by atoms with Crippen molar-refractivity contribution in [2.75, 3.05) is 12.4 Å². The van der Waals surface area contributed by atoms with Gasteiger partial charge in [-0.25, -0.2) is 4.79 Å². The van der Waals surface area contributed by atoms with Gasteiger partial charge in [-0.15, -0.1) is 0 Å². The van der Waals surface area contributed by atoms with Gasteiger partial charge >= 0.3 is 5.97 Å². The van der Waals surface area contributed by atoms with Crippen molar-refractivity contribution in [2.45, 2.75) is 20.0 Å². The van der Waals surface area contributed by atoms with Gasteiger partial charge in [-0.3, -0.25) is 9.59 Å². The van der Waals surface area contributed by atoms with E-state index in [-0.39, 0.29) is 17.1 Å². The van der Waals surface area contributed by atoms with E-state index in [0.717, 1.165) is 0 Å². The van der Waals surface area contributed by atoms with E-state index in [1.54, 1.807) is 18.2 Å². The molecule has 1 atom stereocenters. The summed E-state index contributed by atoms with van der Waals surface area (Å²) in [5, 5.41) is 12.4. The first-order valence-electron chi connectivity index (χ1n) is 7.81. The first-order chi connectivity index (χ1) is 12.3. The second-order valence-electron chi connectivity index (χ2n) is 5.56. The first-order valence-corrected chi connectivity index (χ1v) is 7.81. The molecule has 2 aromatic carbocycles. The van der Waals surface area contributed by atoms with Gasteiger partial charge in [0.15, 0.2) is 11.9 Å². The van der Waals surface area contributed by atoms with Crippen LogP contribution in [-0.2, 0) is 9.53 Å². The maximum absolute atomic E-state index is 12.2. The van der Waals surface area contributed by atoms with E-state index in [9.17, 15) is 19.5 Å². The number of methoxy groups -OCH3 is 1. The summed E-state index contributed by atoms with van der Waals surface area (Å²) in [4.78, 5) is 35.7. The molecule has 26 heavy (non-hydrogen) atoms. The third-order valence-electron chi connectivity index (χ3n) is 3.61. The van der Waals surface area contributed by atoms with Crippen molar-refractivity contribution < 1.29 is 29.0 Å². The molecule has 0 aliphatic heterocycles. The van der Waals surface area contributed by atoms with Gasteiger partial charge in [0.25, 0.3) is 5.91 Å². The Morgan fingerprint density at radius 3 is 2.46 bits per heavy atom. The Bertz CT molecular complexity index is 846. The standard InChI is InChI=1S/C19H19NO6/c1-11(21)13-5-4-6-14(9-13)20-18(23)12(2)26-19(24)16-8-7-15(25-3)10-17(16)22/h4-10,12,22H,1-3H3,(H,20,23)/t12-/m0/s1. The lowest BCUT2D eigenvalue weighted by molar-refractivity contribution is -0.123. The molecule has 2 aromatic rings. The number of hydrogen-bond acceptors (Lipinski definition) is 6. The summed E-state index contributed by atoms with van der Waals surface area (Å²) in [6.45, 7) is 2.83. The van der Waals surface area contributed by atoms with E-state index in [2.05, 4.69) is 5.32 Å². The van der Waals surface area contributed by atoms with Crippen LogP contribution in [0.5, 0.6) is 11.5 Å². The molecule has 136 valence electrons. The van der Waals surface area contributed by atoms with Gasteiger partial charge in [0.05, 0.1) is 7.11 Å². The third-order valence-corrected chi connectivity index (χ3v) is 3.61. The van der Waals surface area contributed by atoms with Gasteiger partial charge in [0.1, 0.15) is 17.1 Å². The van der Waals surface area contributed by atoms with Gasteiger partial charge in [-0.05, 0) is 38.1 Å². The lowest BCUT2D eigenvalue weighted by atomic mass is 10.1. The van der Waals surface area contributed by atoms with Crippen LogP contribution < -0.4 is 10.1 Å². The molecule has 0 spiro atoms. The smallest absolute Gasteiger partial charge is 0.342 e. The lowest BCUT2D eigenvalue weighted by Gasteiger charge is -2.14. The maximum Gasteiger partial charge on any atom is 0.342 e. The number of anilines is 1. The number of hydrogen-bond donors (Lipinski definition) is 2. The fourth-order valence-corrected chi connectivity index (χ4v) is 2.15. The van der Waals surface area contributed by atoms with E-state index >= 15 is 0 Å². The van der Waals surface area contributed by atoms with Crippen LogP contribution in [0.15, 0.2) is 42.5 Å². The predicted molar refractivity (Wildman–Crippen MR) is 94.6 cm³/mol. The van der Waals surface area contributed by atoms with Crippen molar-refractivity contribution in [1.82, 2.24) is 0 Å². The summed E-state index contributed by atoms with van der Waals surface area (Å²) in [6.07, 6.45) is -1.11. The third kappa shape index (κ3) is 4.60. The summed E-state index contributed by atoms with van der Waals surface area (Å²) in [5.74, 6) is -1.46. The van der Waals surface area contributed by atoms with E-state index in [0.29, 0.717) is 17.0 Å². The molecular weight excluding hydrogens is 338 g/mol. The van der Waals surface area contributed by atoms with E-state index in [1.165, 1.54) is 45.2 Å². The number of ketones is 1. The van der Waals surface area contributed by atoms with Gasteiger partial charge in [-0.2, -0.15) is 0 Å². The van der Waals surface area contributed by atoms with Crippen LogP contribution in [0.25, 0.3) is 0 Å². The minimum absolute atomic E-state index is 0.0796. The maximum atomic E-state index is 12.2. The molecule has 0 unspecified atom stereocenters. The highest BCUT2D eigenvalue weighted by Crippen LogP contribution is 2.24. The Morgan fingerprint density at radius 1 is 1.12 bits per heavy atom. The van der Waals surface area contributed by atoms with Crippen LogP contribution in [0, 0.1) is 0 Å². The molecule has 0 aliphatic carbocycles. The second kappa shape index (κ2) is 8.15. The quantitative estimate of drug-likeness (QED) is 0.609. The van der Waals surface area contributed by atoms with E-state index in [1.807, 2.05) is 0 Å². The molecule has 0 bridgehead atoms. The summed E-state index contributed by atoms with van der Waals surface area (Å²) in [5.41, 5.74) is 0.789. The average molecular weight is 357 g/mol. The first kappa shape index (κ1) is 19.0. The summed E-state index contributed by atoms with van der Waals surface area (Å²) in [7, 11) is 1.43. The van der Waals surface area contributed by atoms with Crippen molar-refractivity contribution in [2.24, 2.45) is 0 Å². The Kier molecular flexibility index (Phi) is 5.95. The number of rotatable bonds is 6. The normalized spacial score (nSPS) is 11.3. The molecule has 0 fully saturated rings. The zero-order chi connectivity index (χ0) is 19.3. The Balaban J connectivity index is 2.03.